The van der Waals surface area contributed by atoms with Gasteiger partial charge in [-0.25, -0.2) is 0 Å². The van der Waals surface area contributed by atoms with E-state index in [2.05, 4.69) is 31.9 Å². The van der Waals surface area contributed by atoms with Crippen LogP contribution in [0.1, 0.15) is 30.9 Å². The summed E-state index contributed by atoms with van der Waals surface area (Å²) in [7, 11) is -4.22. The molecule has 0 saturated carbocycles. The molecule has 0 bridgehead atoms. The Labute approximate surface area is 184 Å². The van der Waals surface area contributed by atoms with Gasteiger partial charge in [-0.05, 0) is 37.1 Å². The van der Waals surface area contributed by atoms with E-state index in [1.807, 2.05) is 12.1 Å². The van der Waals surface area contributed by atoms with Gasteiger partial charge in [-0.15, -0.1) is 0 Å². The molecule has 2 aromatic carbocycles. The second kappa shape index (κ2) is 10.2. The van der Waals surface area contributed by atoms with Crippen LogP contribution in [0, 0.1) is 0 Å². The minimum atomic E-state index is -4.42. The number of hydrogen-bond acceptors (Lipinski definition) is 4. The minimum Gasteiger partial charge on any atom is -0.457 e. The maximum Gasteiger partial charge on any atom is 0.389 e. The maximum atomic E-state index is 12.3. The van der Waals surface area contributed by atoms with Gasteiger partial charge in [0.05, 0.1) is 5.25 Å². The Morgan fingerprint density at radius 1 is 1.03 bits per heavy atom. The highest BCUT2D eigenvalue weighted by molar-refractivity contribution is 9.09. The van der Waals surface area contributed by atoms with E-state index in [-0.39, 0.29) is 5.75 Å². The van der Waals surface area contributed by atoms with Gasteiger partial charge in [0.2, 0.25) is 0 Å². The molecule has 1 unspecified atom stereocenters. The molecule has 0 amide bonds. The molecule has 1 atom stereocenters. The predicted octanol–water partition coefficient (Wildman–Crippen LogP) is 6.71. The van der Waals surface area contributed by atoms with E-state index >= 15 is 0 Å². The van der Waals surface area contributed by atoms with E-state index in [0.29, 0.717) is 22.2 Å². The maximum absolute atomic E-state index is 12.3. The molecule has 2 rings (SSSR count). The zero-order valence-corrected chi connectivity index (χ0v) is 19.4. The molecule has 29 heavy (non-hydrogen) atoms. The molecule has 4 nitrogen and oxygen atoms in total. The average molecular weight is 560 g/mol. The molecule has 0 aliphatic heterocycles. The molecule has 0 aliphatic rings. The van der Waals surface area contributed by atoms with Crippen LogP contribution in [0.15, 0.2) is 42.5 Å². The van der Waals surface area contributed by atoms with Crippen LogP contribution in [0.25, 0.3) is 0 Å². The van der Waals surface area contributed by atoms with Crippen molar-refractivity contribution in [2.24, 2.45) is 0 Å². The highest BCUT2D eigenvalue weighted by atomic mass is 79.9. The zero-order chi connectivity index (χ0) is 21.7. The van der Waals surface area contributed by atoms with Crippen LogP contribution in [0.4, 0.5) is 13.2 Å². The van der Waals surface area contributed by atoms with Gasteiger partial charge in [0, 0.05) is 28.7 Å². The van der Waals surface area contributed by atoms with E-state index in [4.69, 9.17) is 8.92 Å². The van der Waals surface area contributed by atoms with Crippen molar-refractivity contribution in [2.75, 3.05) is 0 Å². The monoisotopic (exact) mass is 558 g/mol. The third kappa shape index (κ3) is 7.18. The van der Waals surface area contributed by atoms with Gasteiger partial charge in [0.15, 0.2) is 0 Å². The van der Waals surface area contributed by atoms with Gasteiger partial charge in [-0.3, -0.25) is 0 Å². The first-order valence-electron chi connectivity index (χ1n) is 8.56. The van der Waals surface area contributed by atoms with Crippen molar-refractivity contribution in [1.29, 1.82) is 0 Å². The van der Waals surface area contributed by atoms with E-state index < -0.39 is 34.4 Å². The van der Waals surface area contributed by atoms with Gasteiger partial charge in [0.25, 0.3) is 0 Å². The second-order valence-electron chi connectivity index (χ2n) is 6.28. The molecule has 0 radical (unpaired) electrons. The molecule has 0 fully saturated rings. The van der Waals surface area contributed by atoms with Crippen LogP contribution in [0.5, 0.6) is 17.2 Å². The Balaban J connectivity index is 2.16. The molecule has 0 N–H and O–H groups in total. The average Bonchev–Trinajstić information content (AvgIpc) is 2.65. The summed E-state index contributed by atoms with van der Waals surface area (Å²) in [4.78, 5) is 0. The Kier molecular flexibility index (Phi) is 8.42. The number of alkyl halides is 5. The van der Waals surface area contributed by atoms with Gasteiger partial charge in [-0.2, -0.15) is 21.6 Å². The van der Waals surface area contributed by atoms with Crippen molar-refractivity contribution < 1.29 is 30.5 Å². The van der Waals surface area contributed by atoms with Crippen molar-refractivity contribution in [2.45, 2.75) is 41.9 Å². The first kappa shape index (κ1) is 24.0. The van der Waals surface area contributed by atoms with Crippen molar-refractivity contribution in [1.82, 2.24) is 0 Å². The zero-order valence-electron chi connectivity index (χ0n) is 15.4. The van der Waals surface area contributed by atoms with Crippen LogP contribution < -0.4 is 8.92 Å². The summed E-state index contributed by atoms with van der Waals surface area (Å²) in [6.45, 7) is 1.19. The molecule has 0 saturated heterocycles. The summed E-state index contributed by atoms with van der Waals surface area (Å²) in [6, 6.07) is 11.5. The third-order valence-corrected chi connectivity index (χ3v) is 6.89. The molecule has 0 aromatic heterocycles. The summed E-state index contributed by atoms with van der Waals surface area (Å²) >= 11 is 6.85. The highest BCUT2D eigenvalue weighted by Crippen LogP contribution is 2.33. The lowest BCUT2D eigenvalue weighted by molar-refractivity contribution is -0.135. The lowest BCUT2D eigenvalue weighted by atomic mass is 10.1. The molecular formula is C19H19Br2F3O4S. The SMILES string of the molecule is CC(CCC(F)(F)F)S(=O)(=O)Oc1cccc(Oc2cccc(CBr)c2CBr)c1. The van der Waals surface area contributed by atoms with Gasteiger partial charge >= 0.3 is 16.3 Å². The number of benzene rings is 2. The second-order valence-corrected chi connectivity index (χ2v) is 9.36. The van der Waals surface area contributed by atoms with Crippen LogP contribution in [0.3, 0.4) is 0 Å². The molecule has 10 heteroatoms. The summed E-state index contributed by atoms with van der Waals surface area (Å²) < 4.78 is 72.4. The normalized spacial score (nSPS) is 13.2. The van der Waals surface area contributed by atoms with Crippen LogP contribution in [-0.2, 0) is 20.8 Å². The van der Waals surface area contributed by atoms with E-state index in [1.165, 1.54) is 19.1 Å². The number of ether oxygens (including phenoxy) is 1. The summed E-state index contributed by atoms with van der Waals surface area (Å²) in [5.41, 5.74) is 1.97. The van der Waals surface area contributed by atoms with Crippen molar-refractivity contribution in [3.8, 4) is 17.2 Å². The van der Waals surface area contributed by atoms with Crippen molar-refractivity contribution >= 4 is 42.0 Å². The molecule has 0 heterocycles. The van der Waals surface area contributed by atoms with E-state index in [1.54, 1.807) is 18.2 Å². The minimum absolute atomic E-state index is 0.0293. The van der Waals surface area contributed by atoms with Gasteiger partial charge in [0.1, 0.15) is 17.2 Å². The summed E-state index contributed by atoms with van der Waals surface area (Å²) in [5.74, 6) is 0.908. The number of rotatable bonds is 9. The molecule has 0 aliphatic carbocycles. The Morgan fingerprint density at radius 2 is 1.69 bits per heavy atom. The quantitative estimate of drug-likeness (QED) is 0.253. The third-order valence-electron chi connectivity index (χ3n) is 4.08. The van der Waals surface area contributed by atoms with E-state index in [0.717, 1.165) is 11.1 Å². The predicted molar refractivity (Wildman–Crippen MR) is 113 cm³/mol. The van der Waals surface area contributed by atoms with Crippen molar-refractivity contribution in [3.05, 3.63) is 53.6 Å². The summed E-state index contributed by atoms with van der Waals surface area (Å²) in [6.07, 6.45) is -6.19. The number of hydrogen-bond donors (Lipinski definition) is 0. The molecular weight excluding hydrogens is 541 g/mol. The molecule has 0 spiro atoms. The smallest absolute Gasteiger partial charge is 0.389 e. The first-order valence-corrected chi connectivity index (χ1v) is 12.3. The van der Waals surface area contributed by atoms with Crippen molar-refractivity contribution in [3.63, 3.8) is 0 Å². The largest absolute Gasteiger partial charge is 0.457 e. The number of halogens is 5. The lowest BCUT2D eigenvalue weighted by Gasteiger charge is -2.16. The van der Waals surface area contributed by atoms with E-state index in [9.17, 15) is 21.6 Å². The van der Waals surface area contributed by atoms with Crippen LogP contribution in [0.2, 0.25) is 0 Å². The first-order chi connectivity index (χ1) is 13.6. The molecule has 160 valence electrons. The standard InChI is InChI=1S/C19H19Br2F3O4S/c1-13(8-9-19(22,23)24)29(25,26)28-16-6-3-5-15(10-16)27-18-7-2-4-14(11-20)17(18)12-21/h2-7,10,13H,8-9,11-12H2,1H3. The highest BCUT2D eigenvalue weighted by Gasteiger charge is 2.32. The van der Waals surface area contributed by atoms with Crippen LogP contribution in [-0.4, -0.2) is 19.8 Å². The lowest BCUT2D eigenvalue weighted by Crippen LogP contribution is -2.25. The van der Waals surface area contributed by atoms with Gasteiger partial charge < -0.3 is 8.92 Å². The Morgan fingerprint density at radius 3 is 2.31 bits per heavy atom. The van der Waals surface area contributed by atoms with Crippen LogP contribution >= 0.6 is 31.9 Å². The Hall–Kier alpha value is -1.26. The molecule has 2 aromatic rings. The van der Waals surface area contributed by atoms with Gasteiger partial charge in [-0.1, -0.05) is 50.1 Å². The fraction of sp³-hybridized carbons (Fsp3) is 0.368. The fourth-order valence-electron chi connectivity index (χ4n) is 2.43. The Bertz CT molecular complexity index is 933. The summed E-state index contributed by atoms with van der Waals surface area (Å²) in [5, 5.41) is -0.0994. The topological polar surface area (TPSA) is 52.6 Å². The fourth-order valence-corrected chi connectivity index (χ4v) is 4.53.